The number of rotatable bonds is 5. The Bertz CT molecular complexity index is 523. The van der Waals surface area contributed by atoms with Crippen LogP contribution in [0.2, 0.25) is 0 Å². The van der Waals surface area contributed by atoms with Crippen molar-refractivity contribution in [3.8, 4) is 5.75 Å². The highest BCUT2D eigenvalue weighted by molar-refractivity contribution is 5.59. The van der Waals surface area contributed by atoms with Gasteiger partial charge in [0, 0.05) is 43.0 Å². The molecule has 114 valence electrons. The lowest BCUT2D eigenvalue weighted by Gasteiger charge is -2.34. The fraction of sp³-hybridized carbons (Fsp3) is 0.600. The molecule has 0 radical (unpaired) electrons. The van der Waals surface area contributed by atoms with Gasteiger partial charge in [0.2, 0.25) is 0 Å². The zero-order valence-electron chi connectivity index (χ0n) is 12.2. The van der Waals surface area contributed by atoms with Gasteiger partial charge in [0.1, 0.15) is 0 Å². The molecule has 1 aromatic rings. The molecule has 0 spiro atoms. The van der Waals surface area contributed by atoms with E-state index in [4.69, 9.17) is 4.74 Å². The highest BCUT2D eigenvalue weighted by Gasteiger charge is 2.27. The molecular weight excluding hydrogens is 270 g/mol. The number of hydrogen-bond acceptors (Lipinski definition) is 5. The molecule has 1 aliphatic heterocycles. The van der Waals surface area contributed by atoms with E-state index in [1.54, 1.807) is 6.07 Å². The van der Waals surface area contributed by atoms with Crippen LogP contribution in [-0.2, 0) is 0 Å². The minimum Gasteiger partial charge on any atom is -0.490 e. The maximum Gasteiger partial charge on any atom is 0.311 e. The van der Waals surface area contributed by atoms with Gasteiger partial charge in [0.15, 0.2) is 5.75 Å². The molecule has 1 saturated heterocycles. The van der Waals surface area contributed by atoms with Crippen molar-refractivity contribution in [3.05, 3.63) is 28.3 Å². The predicted molar refractivity (Wildman–Crippen MR) is 81.0 cm³/mol. The first-order valence-corrected chi connectivity index (χ1v) is 7.51. The van der Waals surface area contributed by atoms with Gasteiger partial charge >= 0.3 is 5.69 Å². The molecule has 1 aromatic carbocycles. The molecule has 2 aliphatic rings. The number of nitro benzene ring substituents is 1. The molecular formula is C15H21N3O3. The number of piperidine rings is 1. The zero-order valence-corrected chi connectivity index (χ0v) is 12.2. The van der Waals surface area contributed by atoms with Crippen LogP contribution < -0.4 is 15.0 Å². The molecule has 21 heavy (non-hydrogen) atoms. The minimum absolute atomic E-state index is 0.0199. The first-order valence-electron chi connectivity index (χ1n) is 7.51. The van der Waals surface area contributed by atoms with Crippen LogP contribution in [0.4, 0.5) is 11.4 Å². The summed E-state index contributed by atoms with van der Waals surface area (Å²) in [5.41, 5.74) is 1.02. The summed E-state index contributed by atoms with van der Waals surface area (Å²) in [5, 5.41) is 14.6. The first kappa shape index (κ1) is 14.1. The molecule has 1 aliphatic carbocycles. The molecule has 3 rings (SSSR count). The van der Waals surface area contributed by atoms with Crippen molar-refractivity contribution in [2.24, 2.45) is 0 Å². The van der Waals surface area contributed by atoms with Crippen molar-refractivity contribution < 1.29 is 9.66 Å². The van der Waals surface area contributed by atoms with Crippen molar-refractivity contribution in [2.45, 2.75) is 37.8 Å². The van der Waals surface area contributed by atoms with E-state index in [-0.39, 0.29) is 5.69 Å². The summed E-state index contributed by atoms with van der Waals surface area (Å²) in [6.07, 6.45) is 4.88. The van der Waals surface area contributed by atoms with Crippen molar-refractivity contribution in [2.75, 3.05) is 25.1 Å². The topological polar surface area (TPSA) is 67.6 Å². The average Bonchev–Trinajstić information content (AvgIpc) is 3.31. The number of methoxy groups -OCH3 is 1. The molecule has 6 nitrogen and oxygen atoms in total. The van der Waals surface area contributed by atoms with E-state index < -0.39 is 4.92 Å². The maximum atomic E-state index is 10.9. The summed E-state index contributed by atoms with van der Waals surface area (Å²) in [4.78, 5) is 12.8. The van der Waals surface area contributed by atoms with Crippen LogP contribution in [0, 0.1) is 10.1 Å². The van der Waals surface area contributed by atoms with E-state index in [0.717, 1.165) is 37.7 Å². The van der Waals surface area contributed by atoms with Gasteiger partial charge in [-0.15, -0.1) is 0 Å². The van der Waals surface area contributed by atoms with Crippen molar-refractivity contribution in [1.29, 1.82) is 0 Å². The largest absolute Gasteiger partial charge is 0.490 e. The van der Waals surface area contributed by atoms with E-state index in [1.807, 2.05) is 6.07 Å². The quantitative estimate of drug-likeness (QED) is 0.666. The van der Waals surface area contributed by atoms with Crippen LogP contribution in [0.25, 0.3) is 0 Å². The number of ether oxygens (including phenoxy) is 1. The Morgan fingerprint density at radius 1 is 1.24 bits per heavy atom. The third-order valence-electron chi connectivity index (χ3n) is 4.27. The number of nitro groups is 1. The molecule has 6 heteroatoms. The lowest BCUT2D eigenvalue weighted by atomic mass is 10.0. The van der Waals surface area contributed by atoms with Gasteiger partial charge in [-0.3, -0.25) is 10.1 Å². The van der Waals surface area contributed by atoms with Gasteiger partial charge in [-0.2, -0.15) is 0 Å². The summed E-state index contributed by atoms with van der Waals surface area (Å²) >= 11 is 0. The van der Waals surface area contributed by atoms with E-state index in [9.17, 15) is 10.1 Å². The van der Waals surface area contributed by atoms with Gasteiger partial charge in [-0.1, -0.05) is 0 Å². The maximum absolute atomic E-state index is 10.9. The second-order valence-corrected chi connectivity index (χ2v) is 5.82. The number of nitrogens with zero attached hydrogens (tertiary/aromatic N) is 2. The zero-order chi connectivity index (χ0) is 14.8. The van der Waals surface area contributed by atoms with Crippen LogP contribution in [0.3, 0.4) is 0 Å². The van der Waals surface area contributed by atoms with Crippen molar-refractivity contribution in [1.82, 2.24) is 5.32 Å². The van der Waals surface area contributed by atoms with E-state index in [0.29, 0.717) is 11.8 Å². The summed E-state index contributed by atoms with van der Waals surface area (Å²) in [6, 6.07) is 6.49. The normalized spacial score (nSPS) is 19.6. The average molecular weight is 291 g/mol. The summed E-state index contributed by atoms with van der Waals surface area (Å²) in [7, 11) is 1.47. The lowest BCUT2D eigenvalue weighted by molar-refractivity contribution is -0.385. The van der Waals surface area contributed by atoms with Gasteiger partial charge in [-0.05, 0) is 31.7 Å². The Balaban J connectivity index is 1.65. The van der Waals surface area contributed by atoms with Crippen LogP contribution in [-0.4, -0.2) is 37.2 Å². The molecule has 0 atom stereocenters. The third kappa shape index (κ3) is 3.26. The fourth-order valence-electron chi connectivity index (χ4n) is 2.90. The Kier molecular flexibility index (Phi) is 3.96. The standard InChI is InChI=1S/C15H21N3O3/c1-21-15-10-13(4-5-14(15)18(19)20)17-8-6-12(7-9-17)16-11-2-3-11/h4-5,10-12,16H,2-3,6-9H2,1H3. The van der Waals surface area contributed by atoms with Crippen molar-refractivity contribution >= 4 is 11.4 Å². The molecule has 0 aromatic heterocycles. The van der Waals surface area contributed by atoms with Crippen LogP contribution >= 0.6 is 0 Å². The smallest absolute Gasteiger partial charge is 0.311 e. The number of anilines is 1. The molecule has 0 unspecified atom stereocenters. The van der Waals surface area contributed by atoms with Crippen molar-refractivity contribution in [3.63, 3.8) is 0 Å². The number of hydrogen-bond donors (Lipinski definition) is 1. The molecule has 1 N–H and O–H groups in total. The second kappa shape index (κ2) is 5.89. The molecule has 2 fully saturated rings. The Morgan fingerprint density at radius 3 is 2.48 bits per heavy atom. The predicted octanol–water partition coefficient (Wildman–Crippen LogP) is 2.32. The van der Waals surface area contributed by atoms with Gasteiger partial charge in [0.05, 0.1) is 12.0 Å². The highest BCUT2D eigenvalue weighted by Crippen LogP contribution is 2.32. The van der Waals surface area contributed by atoms with Crippen LogP contribution in [0.5, 0.6) is 5.75 Å². The number of nitrogens with one attached hydrogen (secondary N) is 1. The minimum atomic E-state index is -0.408. The van der Waals surface area contributed by atoms with Gasteiger partial charge < -0.3 is 15.0 Å². The SMILES string of the molecule is COc1cc(N2CCC(NC3CC3)CC2)ccc1[N+](=O)[O-]. The number of benzene rings is 1. The van der Waals surface area contributed by atoms with E-state index >= 15 is 0 Å². The molecule has 1 heterocycles. The van der Waals surface area contributed by atoms with Gasteiger partial charge in [-0.25, -0.2) is 0 Å². The Hall–Kier alpha value is -1.82. The summed E-state index contributed by atoms with van der Waals surface area (Å²) in [5.74, 6) is 0.329. The Labute approximate surface area is 124 Å². The highest BCUT2D eigenvalue weighted by atomic mass is 16.6. The third-order valence-corrected chi connectivity index (χ3v) is 4.27. The lowest BCUT2D eigenvalue weighted by Crippen LogP contribution is -2.43. The molecule has 0 bridgehead atoms. The van der Waals surface area contributed by atoms with Crippen LogP contribution in [0.1, 0.15) is 25.7 Å². The van der Waals surface area contributed by atoms with E-state index in [1.165, 1.54) is 26.0 Å². The first-order chi connectivity index (χ1) is 10.2. The second-order valence-electron chi connectivity index (χ2n) is 5.82. The summed E-state index contributed by atoms with van der Waals surface area (Å²) < 4.78 is 5.14. The molecule has 0 amide bonds. The monoisotopic (exact) mass is 291 g/mol. The Morgan fingerprint density at radius 2 is 1.90 bits per heavy atom. The van der Waals surface area contributed by atoms with E-state index in [2.05, 4.69) is 10.2 Å². The molecule has 1 saturated carbocycles. The fourth-order valence-corrected chi connectivity index (χ4v) is 2.90. The van der Waals surface area contributed by atoms with Gasteiger partial charge in [0.25, 0.3) is 0 Å². The summed E-state index contributed by atoms with van der Waals surface area (Å²) in [6.45, 7) is 1.96. The van der Waals surface area contributed by atoms with Crippen LogP contribution in [0.15, 0.2) is 18.2 Å².